The molecular weight excluding hydrogens is 406 g/mol. The van der Waals surface area contributed by atoms with E-state index in [1.165, 1.54) is 30.0 Å². The molecule has 1 aromatic heterocycles. The highest BCUT2D eigenvalue weighted by molar-refractivity contribution is 7.92. The lowest BCUT2D eigenvalue weighted by atomic mass is 10.1. The van der Waals surface area contributed by atoms with Crippen LogP contribution in [0.15, 0.2) is 42.5 Å². The largest absolute Gasteiger partial charge is 0.316 e. The van der Waals surface area contributed by atoms with Gasteiger partial charge in [0, 0.05) is 31.3 Å². The highest BCUT2D eigenvalue weighted by atomic mass is 32.2. The van der Waals surface area contributed by atoms with Crippen LogP contribution in [0.25, 0.3) is 11.0 Å². The van der Waals surface area contributed by atoms with Crippen molar-refractivity contribution in [1.82, 2.24) is 15.0 Å². The van der Waals surface area contributed by atoms with Crippen LogP contribution in [0.3, 0.4) is 0 Å². The maximum absolute atomic E-state index is 13.1. The summed E-state index contributed by atoms with van der Waals surface area (Å²) in [5, 5.41) is 8.16. The molecule has 3 aromatic rings. The molecule has 2 amide bonds. The second kappa shape index (κ2) is 7.86. The van der Waals surface area contributed by atoms with Gasteiger partial charge in [-0.2, -0.15) is 0 Å². The van der Waals surface area contributed by atoms with Crippen molar-refractivity contribution in [3.63, 3.8) is 0 Å². The maximum atomic E-state index is 13.1. The highest BCUT2D eigenvalue weighted by Crippen LogP contribution is 2.25. The van der Waals surface area contributed by atoms with Gasteiger partial charge in [0.2, 0.25) is 15.9 Å². The van der Waals surface area contributed by atoms with Gasteiger partial charge in [0.15, 0.2) is 0 Å². The van der Waals surface area contributed by atoms with Gasteiger partial charge in [-0.3, -0.25) is 9.59 Å². The summed E-state index contributed by atoms with van der Waals surface area (Å²) < 4.78 is 27.3. The Bertz CT molecular complexity index is 1220. The van der Waals surface area contributed by atoms with Gasteiger partial charge in [0.05, 0.1) is 17.5 Å². The van der Waals surface area contributed by atoms with Crippen LogP contribution < -0.4 is 9.21 Å². The van der Waals surface area contributed by atoms with Gasteiger partial charge in [-0.05, 0) is 56.3 Å². The average Bonchev–Trinajstić information content (AvgIpc) is 3.10. The molecule has 0 saturated carbocycles. The summed E-state index contributed by atoms with van der Waals surface area (Å²) in [6, 6.07) is 11.0. The summed E-state index contributed by atoms with van der Waals surface area (Å²) in [7, 11) is -2.31. The van der Waals surface area contributed by atoms with E-state index in [2.05, 4.69) is 10.3 Å². The first kappa shape index (κ1) is 21.4. The Morgan fingerprint density at radius 1 is 1.03 bits per heavy atom. The molecule has 0 bridgehead atoms. The summed E-state index contributed by atoms with van der Waals surface area (Å²) in [6.07, 6.45) is 0.966. The SMILES string of the molecule is CC(=O)N(C)c1ccc(N(C(=O)c2ccc3c(c2)nnn3C(C)C)S(C)(=O)=O)cc1. The van der Waals surface area contributed by atoms with E-state index in [1.807, 2.05) is 13.8 Å². The van der Waals surface area contributed by atoms with Crippen LogP contribution in [-0.4, -0.2) is 48.5 Å². The molecule has 0 aliphatic heterocycles. The molecule has 0 saturated heterocycles. The lowest BCUT2D eigenvalue weighted by Gasteiger charge is -2.22. The molecule has 0 spiro atoms. The second-order valence-electron chi connectivity index (χ2n) is 7.26. The van der Waals surface area contributed by atoms with Gasteiger partial charge in [0.1, 0.15) is 5.52 Å². The zero-order valence-corrected chi connectivity index (χ0v) is 18.2. The third kappa shape index (κ3) is 4.04. The van der Waals surface area contributed by atoms with Crippen molar-refractivity contribution < 1.29 is 18.0 Å². The Kier molecular flexibility index (Phi) is 5.62. The molecule has 158 valence electrons. The standard InChI is InChI=1S/C20H23N5O4S/c1-13(2)24-19-11-6-15(12-18(19)21-22-24)20(27)25(30(5,28)29)17-9-7-16(8-10-17)23(4)14(3)26/h6-13H,1-5H3. The number of benzene rings is 2. The Labute approximate surface area is 174 Å². The summed E-state index contributed by atoms with van der Waals surface area (Å²) in [6.45, 7) is 5.35. The first-order valence-electron chi connectivity index (χ1n) is 9.24. The molecule has 2 aromatic carbocycles. The van der Waals surface area contributed by atoms with Crippen molar-refractivity contribution in [1.29, 1.82) is 0 Å². The molecule has 0 unspecified atom stereocenters. The summed E-state index contributed by atoms with van der Waals surface area (Å²) in [4.78, 5) is 26.1. The van der Waals surface area contributed by atoms with E-state index in [-0.39, 0.29) is 23.2 Å². The predicted octanol–water partition coefficient (Wildman–Crippen LogP) is 2.60. The van der Waals surface area contributed by atoms with Gasteiger partial charge in [-0.25, -0.2) is 17.4 Å². The zero-order chi connectivity index (χ0) is 22.2. The Morgan fingerprint density at radius 2 is 1.63 bits per heavy atom. The topological polar surface area (TPSA) is 105 Å². The first-order valence-corrected chi connectivity index (χ1v) is 11.1. The minimum absolute atomic E-state index is 0.0933. The van der Waals surface area contributed by atoms with Crippen molar-refractivity contribution >= 4 is 44.2 Å². The van der Waals surface area contributed by atoms with Gasteiger partial charge in [-0.1, -0.05) is 5.21 Å². The first-order chi connectivity index (χ1) is 14.0. The van der Waals surface area contributed by atoms with Crippen LogP contribution >= 0.6 is 0 Å². The van der Waals surface area contributed by atoms with Crippen LogP contribution in [0.4, 0.5) is 11.4 Å². The Balaban J connectivity index is 2.01. The van der Waals surface area contributed by atoms with Crippen molar-refractivity contribution in [2.24, 2.45) is 0 Å². The van der Waals surface area contributed by atoms with Crippen LogP contribution in [0, 0.1) is 0 Å². The fraction of sp³-hybridized carbons (Fsp3) is 0.300. The van der Waals surface area contributed by atoms with Crippen LogP contribution in [0.5, 0.6) is 0 Å². The Morgan fingerprint density at radius 3 is 2.17 bits per heavy atom. The van der Waals surface area contributed by atoms with Crippen LogP contribution in [-0.2, 0) is 14.8 Å². The molecule has 0 fully saturated rings. The molecule has 30 heavy (non-hydrogen) atoms. The second-order valence-corrected chi connectivity index (χ2v) is 9.09. The fourth-order valence-corrected chi connectivity index (χ4v) is 3.94. The molecule has 10 heteroatoms. The van der Waals surface area contributed by atoms with E-state index in [1.54, 1.807) is 36.0 Å². The number of nitrogens with zero attached hydrogens (tertiary/aromatic N) is 5. The molecule has 9 nitrogen and oxygen atoms in total. The normalized spacial score (nSPS) is 11.7. The van der Waals surface area contributed by atoms with E-state index in [4.69, 9.17) is 0 Å². The van der Waals surface area contributed by atoms with Crippen LogP contribution in [0.2, 0.25) is 0 Å². The summed E-state index contributed by atoms with van der Waals surface area (Å²) in [5.41, 5.74) is 2.19. The summed E-state index contributed by atoms with van der Waals surface area (Å²) >= 11 is 0. The van der Waals surface area contributed by atoms with Gasteiger partial charge < -0.3 is 4.90 Å². The molecule has 3 rings (SSSR count). The maximum Gasteiger partial charge on any atom is 0.272 e. The minimum Gasteiger partial charge on any atom is -0.316 e. The third-order valence-corrected chi connectivity index (χ3v) is 5.71. The van der Waals surface area contributed by atoms with E-state index < -0.39 is 15.9 Å². The van der Waals surface area contributed by atoms with Gasteiger partial charge in [0.25, 0.3) is 5.91 Å². The number of carbonyl (C=O) groups excluding carboxylic acids is 2. The molecular formula is C20H23N5O4S. The highest BCUT2D eigenvalue weighted by Gasteiger charge is 2.27. The van der Waals surface area contributed by atoms with Crippen molar-refractivity contribution in [3.05, 3.63) is 48.0 Å². The van der Waals surface area contributed by atoms with E-state index in [9.17, 15) is 18.0 Å². The molecule has 0 aliphatic carbocycles. The number of hydrogen-bond donors (Lipinski definition) is 0. The molecule has 0 atom stereocenters. The molecule has 1 heterocycles. The molecule has 0 N–H and O–H groups in total. The number of hydrogen-bond acceptors (Lipinski definition) is 6. The van der Waals surface area contributed by atoms with E-state index in [0.29, 0.717) is 11.2 Å². The minimum atomic E-state index is -3.91. The monoisotopic (exact) mass is 429 g/mol. The number of aromatic nitrogens is 3. The average molecular weight is 430 g/mol. The third-order valence-electron chi connectivity index (χ3n) is 4.67. The van der Waals surface area contributed by atoms with Gasteiger partial charge in [-0.15, -0.1) is 5.10 Å². The predicted molar refractivity (Wildman–Crippen MR) is 115 cm³/mol. The lowest BCUT2D eigenvalue weighted by molar-refractivity contribution is -0.116. The molecule has 0 radical (unpaired) electrons. The smallest absolute Gasteiger partial charge is 0.272 e. The number of amides is 2. The van der Waals surface area contributed by atoms with Crippen molar-refractivity contribution in [2.45, 2.75) is 26.8 Å². The van der Waals surface area contributed by atoms with E-state index >= 15 is 0 Å². The number of anilines is 2. The number of carbonyl (C=O) groups is 2. The van der Waals surface area contributed by atoms with Crippen molar-refractivity contribution in [3.8, 4) is 0 Å². The van der Waals surface area contributed by atoms with Crippen molar-refractivity contribution in [2.75, 3.05) is 22.5 Å². The molecule has 0 aliphatic rings. The Hall–Kier alpha value is -3.27. The zero-order valence-electron chi connectivity index (χ0n) is 17.4. The quantitative estimate of drug-likeness (QED) is 0.617. The van der Waals surface area contributed by atoms with Gasteiger partial charge >= 0.3 is 0 Å². The number of rotatable bonds is 5. The lowest BCUT2D eigenvalue weighted by Crippen LogP contribution is -2.36. The number of sulfonamides is 1. The van der Waals surface area contributed by atoms with Crippen LogP contribution in [0.1, 0.15) is 37.2 Å². The number of fused-ring (bicyclic) bond motifs is 1. The summed E-state index contributed by atoms with van der Waals surface area (Å²) in [5.74, 6) is -0.868. The van der Waals surface area contributed by atoms with E-state index in [0.717, 1.165) is 16.1 Å². The fourth-order valence-electron chi connectivity index (χ4n) is 3.03.